The predicted molar refractivity (Wildman–Crippen MR) is 115 cm³/mol. The molecular weight excluding hydrogens is 378 g/mol. The third kappa shape index (κ3) is 4.15. The lowest BCUT2D eigenvalue weighted by molar-refractivity contribution is 0.0603. The van der Waals surface area contributed by atoms with E-state index in [2.05, 4.69) is 15.6 Å². The van der Waals surface area contributed by atoms with Crippen LogP contribution in [0.2, 0.25) is 0 Å². The summed E-state index contributed by atoms with van der Waals surface area (Å²) >= 11 is 6.88. The molecule has 3 aromatic rings. The van der Waals surface area contributed by atoms with Crippen LogP contribution >= 0.6 is 23.6 Å². The van der Waals surface area contributed by atoms with Gasteiger partial charge in [0.15, 0.2) is 5.11 Å². The number of aromatic nitrogens is 1. The lowest BCUT2D eigenvalue weighted by Gasteiger charge is -2.12. The Bertz CT molecular complexity index is 984. The molecule has 1 aromatic carbocycles. The fraction of sp³-hybridized carbons (Fsp3) is 0.150. The molecule has 0 radical (unpaired) electrons. The van der Waals surface area contributed by atoms with Crippen molar-refractivity contribution in [3.8, 4) is 11.1 Å². The number of pyridine rings is 1. The summed E-state index contributed by atoms with van der Waals surface area (Å²) in [5.41, 5.74) is 3.26. The Hall–Kier alpha value is -2.77. The fourth-order valence-corrected chi connectivity index (χ4v) is 4.07. The van der Waals surface area contributed by atoms with Crippen LogP contribution in [0.3, 0.4) is 0 Å². The first-order chi connectivity index (χ1) is 13.0. The van der Waals surface area contributed by atoms with Gasteiger partial charge in [-0.1, -0.05) is 36.4 Å². The second kappa shape index (κ2) is 8.28. The summed E-state index contributed by atoms with van der Waals surface area (Å²) < 4.78 is 5.02. The van der Waals surface area contributed by atoms with Crippen LogP contribution in [0.1, 0.15) is 20.8 Å². The first-order valence-corrected chi connectivity index (χ1v) is 9.50. The molecule has 2 aromatic heterocycles. The Labute approximate surface area is 167 Å². The van der Waals surface area contributed by atoms with E-state index in [4.69, 9.17) is 17.0 Å². The minimum absolute atomic E-state index is 0.364. The number of benzene rings is 1. The second-order valence-corrected chi connectivity index (χ2v) is 7.48. The highest BCUT2D eigenvalue weighted by atomic mass is 32.1. The molecule has 0 atom stereocenters. The highest BCUT2D eigenvalue weighted by Gasteiger charge is 2.24. The molecule has 0 fully saturated rings. The number of hydrogen-bond donors (Lipinski definition) is 2. The van der Waals surface area contributed by atoms with Crippen molar-refractivity contribution in [2.75, 3.05) is 17.7 Å². The molecule has 2 N–H and O–H groups in total. The van der Waals surface area contributed by atoms with Crippen LogP contribution in [0.5, 0.6) is 0 Å². The Balaban J connectivity index is 1.95. The Morgan fingerprint density at radius 3 is 2.52 bits per heavy atom. The van der Waals surface area contributed by atoms with Gasteiger partial charge in [-0.05, 0) is 43.3 Å². The molecular formula is C20H19N3O2S2. The number of hydrogen-bond acceptors (Lipinski definition) is 5. The number of aryl methyl sites for hydroxylation is 2. The van der Waals surface area contributed by atoms with Crippen molar-refractivity contribution in [3.05, 3.63) is 64.7 Å². The van der Waals surface area contributed by atoms with Gasteiger partial charge in [0, 0.05) is 16.6 Å². The topological polar surface area (TPSA) is 63.2 Å². The fourth-order valence-electron chi connectivity index (χ4n) is 2.74. The number of carbonyl (C=O) groups excluding carboxylic acids is 1. The summed E-state index contributed by atoms with van der Waals surface area (Å²) in [5, 5.41) is 7.21. The average molecular weight is 398 g/mol. The first kappa shape index (κ1) is 19.0. The van der Waals surface area contributed by atoms with Crippen molar-refractivity contribution in [2.45, 2.75) is 13.8 Å². The van der Waals surface area contributed by atoms with Gasteiger partial charge in [-0.25, -0.2) is 9.78 Å². The lowest BCUT2D eigenvalue weighted by Crippen LogP contribution is -2.21. The van der Waals surface area contributed by atoms with Gasteiger partial charge < -0.3 is 15.4 Å². The van der Waals surface area contributed by atoms with Gasteiger partial charge in [-0.3, -0.25) is 0 Å². The van der Waals surface area contributed by atoms with E-state index in [1.807, 2.05) is 56.3 Å². The molecule has 0 aliphatic rings. The Kier molecular flexibility index (Phi) is 5.83. The number of carbonyl (C=O) groups is 1. The maximum Gasteiger partial charge on any atom is 0.341 e. The third-order valence-corrected chi connectivity index (χ3v) is 5.23. The zero-order valence-corrected chi connectivity index (χ0v) is 16.8. The number of thiophene rings is 1. The largest absolute Gasteiger partial charge is 0.465 e. The zero-order chi connectivity index (χ0) is 19.4. The lowest BCUT2D eigenvalue weighted by atomic mass is 10.0. The van der Waals surface area contributed by atoms with Crippen molar-refractivity contribution < 1.29 is 9.53 Å². The van der Waals surface area contributed by atoms with Crippen molar-refractivity contribution in [1.29, 1.82) is 0 Å². The van der Waals surface area contributed by atoms with Gasteiger partial charge in [0.2, 0.25) is 0 Å². The molecule has 0 amide bonds. The summed E-state index contributed by atoms with van der Waals surface area (Å²) in [6, 6.07) is 13.6. The van der Waals surface area contributed by atoms with Crippen LogP contribution in [0, 0.1) is 13.8 Å². The normalized spacial score (nSPS) is 10.3. The van der Waals surface area contributed by atoms with E-state index in [1.165, 1.54) is 18.4 Å². The highest BCUT2D eigenvalue weighted by molar-refractivity contribution is 7.80. The van der Waals surface area contributed by atoms with E-state index in [0.717, 1.165) is 21.6 Å². The molecule has 0 aliphatic heterocycles. The summed E-state index contributed by atoms with van der Waals surface area (Å²) in [4.78, 5) is 17.8. The van der Waals surface area contributed by atoms with Crippen molar-refractivity contribution in [2.24, 2.45) is 0 Å². The summed E-state index contributed by atoms with van der Waals surface area (Å²) in [5.74, 6) is 0.267. The van der Waals surface area contributed by atoms with Gasteiger partial charge in [0.05, 0.1) is 7.11 Å². The first-order valence-electron chi connectivity index (χ1n) is 8.28. The number of nitrogens with one attached hydrogen (secondary N) is 2. The third-order valence-electron chi connectivity index (χ3n) is 4.00. The molecule has 0 saturated carbocycles. The SMILES string of the molecule is COC(=O)c1c(NC(=S)Nc2ncccc2C)sc(C)c1-c1ccccc1. The molecule has 0 spiro atoms. The molecule has 7 heteroatoms. The maximum absolute atomic E-state index is 12.5. The molecule has 0 saturated heterocycles. The summed E-state index contributed by atoms with van der Waals surface area (Å²) in [6.45, 7) is 3.92. The predicted octanol–water partition coefficient (Wildman–Crippen LogP) is 5.02. The minimum atomic E-state index is -0.405. The molecule has 27 heavy (non-hydrogen) atoms. The number of rotatable bonds is 4. The zero-order valence-electron chi connectivity index (χ0n) is 15.2. The van der Waals surface area contributed by atoms with Crippen LogP contribution in [0.4, 0.5) is 10.8 Å². The van der Waals surface area contributed by atoms with Crippen molar-refractivity contribution in [3.63, 3.8) is 0 Å². The van der Waals surface area contributed by atoms with Gasteiger partial charge in [0.25, 0.3) is 0 Å². The molecule has 3 rings (SSSR count). The molecule has 138 valence electrons. The number of ether oxygens (including phenoxy) is 1. The van der Waals surface area contributed by atoms with E-state index in [9.17, 15) is 4.79 Å². The van der Waals surface area contributed by atoms with E-state index < -0.39 is 5.97 Å². The van der Waals surface area contributed by atoms with E-state index in [0.29, 0.717) is 21.5 Å². The van der Waals surface area contributed by atoms with Gasteiger partial charge in [-0.2, -0.15) is 0 Å². The van der Waals surface area contributed by atoms with Crippen molar-refractivity contribution >= 4 is 45.5 Å². The summed E-state index contributed by atoms with van der Waals surface area (Å²) in [6.07, 6.45) is 1.70. The van der Waals surface area contributed by atoms with E-state index in [-0.39, 0.29) is 0 Å². The second-order valence-electron chi connectivity index (χ2n) is 5.84. The van der Waals surface area contributed by atoms with Gasteiger partial charge in [-0.15, -0.1) is 11.3 Å². The Morgan fingerprint density at radius 2 is 1.85 bits per heavy atom. The van der Waals surface area contributed by atoms with Crippen LogP contribution in [-0.4, -0.2) is 23.2 Å². The number of esters is 1. The molecule has 0 unspecified atom stereocenters. The summed E-state index contributed by atoms with van der Waals surface area (Å²) in [7, 11) is 1.38. The van der Waals surface area contributed by atoms with Crippen LogP contribution in [0.15, 0.2) is 48.7 Å². The van der Waals surface area contributed by atoms with E-state index >= 15 is 0 Å². The van der Waals surface area contributed by atoms with Crippen LogP contribution in [0.25, 0.3) is 11.1 Å². The van der Waals surface area contributed by atoms with Gasteiger partial charge >= 0.3 is 5.97 Å². The number of methoxy groups -OCH3 is 1. The minimum Gasteiger partial charge on any atom is -0.465 e. The molecule has 0 bridgehead atoms. The average Bonchev–Trinajstić information content (AvgIpc) is 2.99. The number of thiocarbonyl (C=S) groups is 1. The monoisotopic (exact) mass is 397 g/mol. The van der Waals surface area contributed by atoms with Gasteiger partial charge in [0.1, 0.15) is 16.4 Å². The highest BCUT2D eigenvalue weighted by Crippen LogP contribution is 2.40. The smallest absolute Gasteiger partial charge is 0.341 e. The van der Waals surface area contributed by atoms with Crippen molar-refractivity contribution in [1.82, 2.24) is 4.98 Å². The quantitative estimate of drug-likeness (QED) is 0.476. The number of nitrogens with zero attached hydrogens (tertiary/aromatic N) is 1. The molecule has 5 nitrogen and oxygen atoms in total. The standard InChI is InChI=1S/C20H19N3O2S2/c1-12-8-7-11-21-17(12)22-20(26)23-18-16(19(24)25-3)15(13(2)27-18)14-9-5-4-6-10-14/h4-11H,1-3H3,(H2,21,22,23,26). The van der Waals surface area contributed by atoms with Crippen LogP contribution in [-0.2, 0) is 4.74 Å². The molecule has 0 aliphatic carbocycles. The molecule has 2 heterocycles. The Morgan fingerprint density at radius 1 is 1.11 bits per heavy atom. The van der Waals surface area contributed by atoms with E-state index in [1.54, 1.807) is 6.20 Å². The maximum atomic E-state index is 12.5. The number of anilines is 2. The van der Waals surface area contributed by atoms with Crippen LogP contribution < -0.4 is 10.6 Å².